The Morgan fingerprint density at radius 3 is 1.19 bits per heavy atom. The second kappa shape index (κ2) is 16.4. The van der Waals surface area contributed by atoms with Gasteiger partial charge in [-0.05, 0) is 59.7 Å². The Morgan fingerprint density at radius 1 is 0.500 bits per heavy atom. The van der Waals surface area contributed by atoms with Crippen LogP contribution in [0.3, 0.4) is 0 Å². The molecular weight excluding hydrogens is 735 g/mol. The fourth-order valence-corrected chi connectivity index (χ4v) is 6.68. The Labute approximate surface area is 341 Å². The van der Waals surface area contributed by atoms with Gasteiger partial charge in [-0.15, -0.1) is 20.5 Å². The summed E-state index contributed by atoms with van der Waals surface area (Å²) in [4.78, 5) is -0.916. The van der Waals surface area contributed by atoms with Gasteiger partial charge in [0.1, 0.15) is 54.5 Å². The van der Waals surface area contributed by atoms with E-state index in [2.05, 4.69) is 20.5 Å². The third-order valence-corrected chi connectivity index (χ3v) is 9.50. The minimum absolute atomic E-state index is 0. The maximum Gasteiger partial charge on any atom is 1.00 e. The van der Waals surface area contributed by atoms with Gasteiger partial charge in [0.15, 0.2) is 11.5 Å². The van der Waals surface area contributed by atoms with E-state index in [-0.39, 0.29) is 104 Å². The molecule has 0 aliphatic rings. The van der Waals surface area contributed by atoms with Crippen molar-refractivity contribution in [3.63, 3.8) is 0 Å². The van der Waals surface area contributed by atoms with Crippen molar-refractivity contribution in [3.8, 4) is 34.1 Å². The maximum absolute atomic E-state index is 11.6. The molecule has 0 bridgehead atoms. The van der Waals surface area contributed by atoms with Crippen LogP contribution in [0.1, 0.15) is 0 Å². The van der Waals surface area contributed by atoms with Crippen LogP contribution in [-0.2, 0) is 20.2 Å². The summed E-state index contributed by atoms with van der Waals surface area (Å²) >= 11 is 0. The van der Waals surface area contributed by atoms with Gasteiger partial charge in [-0.3, -0.25) is 0 Å². The zero-order chi connectivity index (χ0) is 35.8. The number of hydrogen-bond acceptors (Lipinski definition) is 14. The average molecular weight is 759 g/mol. The van der Waals surface area contributed by atoms with Gasteiger partial charge in [-0.25, -0.2) is 16.8 Å². The predicted octanol–water partition coefficient (Wildman–Crippen LogP) is 1.74. The molecule has 0 amide bonds. The Kier molecular flexibility index (Phi) is 12.9. The van der Waals surface area contributed by atoms with E-state index in [1.807, 2.05) is 0 Å². The molecule has 254 valence electrons. The van der Waals surface area contributed by atoms with Crippen molar-refractivity contribution in [2.75, 3.05) is 14.2 Å². The quantitative estimate of drug-likeness (QED) is 0.123. The van der Waals surface area contributed by atoms with Gasteiger partial charge >= 0.3 is 59.1 Å². The number of methoxy groups -OCH3 is 2. The Hall–Kier alpha value is -3.94. The molecule has 6 aromatic rings. The third-order valence-electron chi connectivity index (χ3n) is 7.71. The molecule has 0 aliphatic heterocycles. The molecule has 2 N–H and O–H groups in total. The van der Waals surface area contributed by atoms with Gasteiger partial charge in [0.05, 0.1) is 24.0 Å². The van der Waals surface area contributed by atoms with E-state index in [9.17, 15) is 36.2 Å². The first-order valence-electron chi connectivity index (χ1n) is 14.4. The predicted molar refractivity (Wildman–Crippen MR) is 180 cm³/mol. The van der Waals surface area contributed by atoms with Crippen LogP contribution >= 0.6 is 0 Å². The molecule has 6 aromatic carbocycles. The molecule has 0 heterocycles. The SMILES string of the molecule is COc1cc(-c2ccc(N=Nc3ccc4c(S(=O)(=O)[O-])cccc4c3O)c(OC)c2)ccc1N=Nc1ccc2c(S(=O)(=O)[O-])cccc2c1O.[Na+].[Na+]. The number of hydrogen-bond donors (Lipinski definition) is 2. The van der Waals surface area contributed by atoms with Gasteiger partial charge in [0.25, 0.3) is 0 Å². The van der Waals surface area contributed by atoms with Crippen LogP contribution < -0.4 is 68.6 Å². The average Bonchev–Trinajstić information content (AvgIpc) is 3.09. The number of phenols is 2. The van der Waals surface area contributed by atoms with Crippen LogP contribution in [-0.4, -0.2) is 50.4 Å². The minimum atomic E-state index is -4.77. The molecule has 0 spiro atoms. The first-order valence-corrected chi connectivity index (χ1v) is 17.2. The number of fused-ring (bicyclic) bond motifs is 2. The molecule has 0 saturated carbocycles. The summed E-state index contributed by atoms with van der Waals surface area (Å²) in [5, 5.41) is 38.5. The summed E-state index contributed by atoms with van der Waals surface area (Å²) in [5.74, 6) is -0.0184. The number of ether oxygens (including phenoxy) is 2. The number of aromatic hydroxyl groups is 2. The van der Waals surface area contributed by atoms with Gasteiger partial charge in [0, 0.05) is 21.5 Å². The third kappa shape index (κ3) is 8.31. The second-order valence-corrected chi connectivity index (χ2v) is 13.3. The van der Waals surface area contributed by atoms with Crippen LogP contribution in [0.15, 0.2) is 127 Å². The van der Waals surface area contributed by atoms with E-state index in [0.29, 0.717) is 34.0 Å². The van der Waals surface area contributed by atoms with E-state index < -0.39 is 30.0 Å². The van der Waals surface area contributed by atoms with E-state index in [1.165, 1.54) is 62.8 Å². The van der Waals surface area contributed by atoms with E-state index in [1.54, 1.807) is 36.4 Å². The second-order valence-electron chi connectivity index (χ2n) is 10.7. The summed E-state index contributed by atoms with van der Waals surface area (Å²) in [6.45, 7) is 0. The molecule has 0 fully saturated rings. The van der Waals surface area contributed by atoms with Gasteiger partial charge in [-0.1, -0.05) is 48.5 Å². The van der Waals surface area contributed by atoms with E-state index >= 15 is 0 Å². The van der Waals surface area contributed by atoms with Crippen LogP contribution in [0.4, 0.5) is 22.7 Å². The van der Waals surface area contributed by atoms with Crippen molar-refractivity contribution in [1.82, 2.24) is 0 Å². The first-order chi connectivity index (χ1) is 23.8. The summed E-state index contributed by atoms with van der Waals surface area (Å²) in [7, 11) is -6.64. The molecule has 6 rings (SSSR count). The Bertz CT molecular complexity index is 2440. The molecule has 0 saturated heterocycles. The monoisotopic (exact) mass is 758 g/mol. The van der Waals surface area contributed by atoms with Gasteiger partial charge in [0.2, 0.25) is 0 Å². The topological polar surface area (TPSA) is 223 Å². The van der Waals surface area contributed by atoms with Crippen molar-refractivity contribution < 1.29 is 105 Å². The molecule has 0 radical (unpaired) electrons. The molecule has 0 aliphatic carbocycles. The Balaban J connectivity index is 0.00000302. The molecule has 0 unspecified atom stereocenters. The number of rotatable bonds is 9. The van der Waals surface area contributed by atoms with Crippen LogP contribution in [0, 0.1) is 0 Å². The first kappa shape index (κ1) is 40.8. The Morgan fingerprint density at radius 2 is 0.846 bits per heavy atom. The summed E-state index contributed by atoms with van der Waals surface area (Å²) in [5.41, 5.74) is 2.13. The van der Waals surface area contributed by atoms with Crippen molar-refractivity contribution in [2.24, 2.45) is 20.5 Å². The molecule has 18 heteroatoms. The molecule has 0 aromatic heterocycles. The van der Waals surface area contributed by atoms with Crippen molar-refractivity contribution in [3.05, 3.63) is 97.1 Å². The molecule has 0 atom stereocenters. The fourth-order valence-electron chi connectivity index (χ4n) is 5.30. The fraction of sp³-hybridized carbons (Fsp3) is 0.0588. The van der Waals surface area contributed by atoms with Gasteiger partial charge < -0.3 is 28.8 Å². The van der Waals surface area contributed by atoms with Crippen LogP contribution in [0.2, 0.25) is 0 Å². The smallest absolute Gasteiger partial charge is 0.744 e. The summed E-state index contributed by atoms with van der Waals surface area (Å²) < 4.78 is 80.8. The number of azo groups is 2. The molecule has 14 nitrogen and oxygen atoms in total. The van der Waals surface area contributed by atoms with E-state index in [4.69, 9.17) is 9.47 Å². The maximum atomic E-state index is 11.6. The van der Waals surface area contributed by atoms with Crippen molar-refractivity contribution in [1.29, 1.82) is 0 Å². The van der Waals surface area contributed by atoms with Crippen molar-refractivity contribution >= 4 is 64.5 Å². The largest absolute Gasteiger partial charge is 1.00 e. The summed E-state index contributed by atoms with van der Waals surface area (Å²) in [6, 6.07) is 23.6. The number of benzene rings is 6. The normalized spacial score (nSPS) is 11.8. The zero-order valence-electron chi connectivity index (χ0n) is 28.0. The zero-order valence-corrected chi connectivity index (χ0v) is 33.6. The van der Waals surface area contributed by atoms with Crippen LogP contribution in [0.5, 0.6) is 23.0 Å². The van der Waals surface area contributed by atoms with Gasteiger partial charge in [-0.2, -0.15) is 0 Å². The summed E-state index contributed by atoms with van der Waals surface area (Å²) in [6.07, 6.45) is 0. The van der Waals surface area contributed by atoms with E-state index in [0.717, 1.165) is 12.1 Å². The van der Waals surface area contributed by atoms with Crippen molar-refractivity contribution in [2.45, 2.75) is 9.79 Å². The van der Waals surface area contributed by atoms with Crippen LogP contribution in [0.25, 0.3) is 32.7 Å². The number of nitrogens with zero attached hydrogens (tertiary/aromatic N) is 4. The number of phenolic OH excluding ortho intramolecular Hbond substituents is 2. The standard InChI is InChI=1S/C34H26N4O10S2.2Na/c1-47-29-17-19(9-13-25(29)35-37-27-15-11-21-23(33(27)39)5-3-7-31(21)49(41,42)43)20-10-14-26(30(18-20)48-2)36-38-28-16-12-22-24(34(28)40)6-4-8-32(22)50(44,45)46;;/h3-18,39-40H,1-2H3,(H,41,42,43)(H,44,45,46);;/q;2*+1/p-2. The molecule has 52 heavy (non-hydrogen) atoms. The molecular formula is C34H24N4Na2O10S2. The minimum Gasteiger partial charge on any atom is -0.744 e.